The van der Waals surface area contributed by atoms with Crippen molar-refractivity contribution in [3.05, 3.63) is 59.7 Å². The molecule has 1 amide bonds. The fourth-order valence-corrected chi connectivity index (χ4v) is 1.97. The van der Waals surface area contributed by atoms with Gasteiger partial charge in [0, 0.05) is 19.8 Å². The van der Waals surface area contributed by atoms with Crippen LogP contribution in [0.4, 0.5) is 4.39 Å². The van der Waals surface area contributed by atoms with Gasteiger partial charge in [0.15, 0.2) is 6.61 Å². The molecule has 1 N–H and O–H groups in total. The van der Waals surface area contributed by atoms with E-state index in [1.54, 1.807) is 48.1 Å². The van der Waals surface area contributed by atoms with Crippen molar-refractivity contribution in [2.24, 2.45) is 7.05 Å². The topological polar surface area (TPSA) is 60.3 Å². The molecule has 0 aliphatic rings. The number of halogens is 1. The predicted molar refractivity (Wildman–Crippen MR) is 78.8 cm³/mol. The Balaban J connectivity index is 1.71. The maximum absolute atomic E-state index is 13.4. The minimum atomic E-state index is -0.559. The SMILES string of the molecule is Cn1cccc1C(=O)OCC(=O)NCCc1ccccc1F. The number of carbonyl (C=O) groups is 2. The normalized spacial score (nSPS) is 10.3. The largest absolute Gasteiger partial charge is 0.451 e. The highest BCUT2D eigenvalue weighted by molar-refractivity contribution is 5.89. The van der Waals surface area contributed by atoms with Gasteiger partial charge in [-0.1, -0.05) is 18.2 Å². The molecule has 2 rings (SSSR count). The Morgan fingerprint density at radius 2 is 2.00 bits per heavy atom. The van der Waals surface area contributed by atoms with E-state index in [1.165, 1.54) is 6.07 Å². The zero-order valence-corrected chi connectivity index (χ0v) is 12.2. The van der Waals surface area contributed by atoms with Gasteiger partial charge in [-0.3, -0.25) is 4.79 Å². The summed E-state index contributed by atoms with van der Waals surface area (Å²) >= 11 is 0. The van der Waals surface area contributed by atoms with Gasteiger partial charge in [-0.15, -0.1) is 0 Å². The van der Waals surface area contributed by atoms with Crippen molar-refractivity contribution >= 4 is 11.9 Å². The molecule has 0 aliphatic carbocycles. The minimum absolute atomic E-state index is 0.279. The third-order valence-corrected chi connectivity index (χ3v) is 3.16. The molecule has 0 saturated carbocycles. The monoisotopic (exact) mass is 304 g/mol. The summed E-state index contributed by atoms with van der Waals surface area (Å²) in [5, 5.41) is 2.58. The Labute approximate surface area is 127 Å². The third kappa shape index (κ3) is 4.18. The lowest BCUT2D eigenvalue weighted by molar-refractivity contribution is -0.124. The van der Waals surface area contributed by atoms with Gasteiger partial charge in [-0.05, 0) is 30.2 Å². The van der Waals surface area contributed by atoms with Crippen molar-refractivity contribution in [2.45, 2.75) is 6.42 Å². The van der Waals surface area contributed by atoms with Crippen LogP contribution in [0.1, 0.15) is 16.1 Å². The third-order valence-electron chi connectivity index (χ3n) is 3.16. The van der Waals surface area contributed by atoms with Crippen LogP contribution in [0.25, 0.3) is 0 Å². The maximum atomic E-state index is 13.4. The van der Waals surface area contributed by atoms with Crippen LogP contribution in [0.15, 0.2) is 42.6 Å². The van der Waals surface area contributed by atoms with Gasteiger partial charge in [-0.2, -0.15) is 0 Å². The van der Waals surface area contributed by atoms with Gasteiger partial charge >= 0.3 is 5.97 Å². The second-order valence-corrected chi connectivity index (χ2v) is 4.77. The second kappa shape index (κ2) is 7.40. The number of aryl methyl sites for hydroxylation is 1. The first kappa shape index (κ1) is 15.8. The summed E-state index contributed by atoms with van der Waals surface area (Å²) in [6.07, 6.45) is 2.09. The molecule has 0 bridgehead atoms. The van der Waals surface area contributed by atoms with Gasteiger partial charge in [-0.25, -0.2) is 9.18 Å². The fraction of sp³-hybridized carbons (Fsp3) is 0.250. The number of nitrogens with one attached hydrogen (secondary N) is 1. The quantitative estimate of drug-likeness (QED) is 0.826. The molecule has 0 spiro atoms. The molecule has 116 valence electrons. The number of nitrogens with zero attached hydrogens (tertiary/aromatic N) is 1. The average Bonchev–Trinajstić information content (AvgIpc) is 2.93. The number of benzene rings is 1. The van der Waals surface area contributed by atoms with Crippen LogP contribution in [-0.2, 0) is 23.0 Å². The lowest BCUT2D eigenvalue weighted by Gasteiger charge is -2.07. The highest BCUT2D eigenvalue weighted by atomic mass is 19.1. The molecule has 0 atom stereocenters. The predicted octanol–water partition coefficient (Wildman–Crippen LogP) is 1.68. The first-order valence-electron chi connectivity index (χ1n) is 6.86. The number of hydrogen-bond acceptors (Lipinski definition) is 3. The highest BCUT2D eigenvalue weighted by Gasteiger charge is 2.12. The number of amides is 1. The van der Waals surface area contributed by atoms with E-state index in [2.05, 4.69) is 5.32 Å². The van der Waals surface area contributed by atoms with Gasteiger partial charge in [0.2, 0.25) is 0 Å². The van der Waals surface area contributed by atoms with Gasteiger partial charge in [0.05, 0.1) is 0 Å². The zero-order chi connectivity index (χ0) is 15.9. The first-order valence-corrected chi connectivity index (χ1v) is 6.86. The van der Waals surface area contributed by atoms with E-state index in [9.17, 15) is 14.0 Å². The number of hydrogen-bond donors (Lipinski definition) is 1. The van der Waals surface area contributed by atoms with Crippen LogP contribution >= 0.6 is 0 Å². The standard InChI is InChI=1S/C16H17FN2O3/c1-19-10-4-7-14(19)16(21)22-11-15(20)18-9-8-12-5-2-3-6-13(12)17/h2-7,10H,8-9,11H2,1H3,(H,18,20). The highest BCUT2D eigenvalue weighted by Crippen LogP contribution is 2.06. The molecule has 2 aromatic rings. The van der Waals surface area contributed by atoms with Crippen LogP contribution in [0.5, 0.6) is 0 Å². The van der Waals surface area contributed by atoms with Gasteiger partial charge < -0.3 is 14.6 Å². The molecular formula is C16H17FN2O3. The minimum Gasteiger partial charge on any atom is -0.451 e. The summed E-state index contributed by atoms with van der Waals surface area (Å²) < 4.78 is 19.9. The van der Waals surface area contributed by atoms with E-state index in [1.807, 2.05) is 0 Å². The van der Waals surface area contributed by atoms with Crippen molar-refractivity contribution in [1.82, 2.24) is 9.88 Å². The smallest absolute Gasteiger partial charge is 0.355 e. The summed E-state index contributed by atoms with van der Waals surface area (Å²) in [7, 11) is 1.71. The Kier molecular flexibility index (Phi) is 5.30. The summed E-state index contributed by atoms with van der Waals surface area (Å²) in [5.41, 5.74) is 0.905. The molecule has 0 fully saturated rings. The van der Waals surface area contributed by atoms with Crippen molar-refractivity contribution in [3.8, 4) is 0 Å². The summed E-state index contributed by atoms with van der Waals surface area (Å²) in [6.45, 7) is -0.0806. The van der Waals surface area contributed by atoms with E-state index in [-0.39, 0.29) is 19.0 Å². The van der Waals surface area contributed by atoms with Gasteiger partial charge in [0.1, 0.15) is 11.5 Å². The molecule has 1 aromatic heterocycles. The van der Waals surface area contributed by atoms with Crippen molar-refractivity contribution in [3.63, 3.8) is 0 Å². The average molecular weight is 304 g/mol. The van der Waals surface area contributed by atoms with E-state index >= 15 is 0 Å². The summed E-state index contributed by atoms with van der Waals surface area (Å²) in [6, 6.07) is 9.71. The van der Waals surface area contributed by atoms with Crippen molar-refractivity contribution in [1.29, 1.82) is 0 Å². The van der Waals surface area contributed by atoms with Crippen LogP contribution < -0.4 is 5.32 Å². The van der Waals surface area contributed by atoms with E-state index < -0.39 is 11.9 Å². The fourth-order valence-electron chi connectivity index (χ4n) is 1.97. The molecule has 0 saturated heterocycles. The number of ether oxygens (including phenoxy) is 1. The van der Waals surface area contributed by atoms with Crippen LogP contribution in [0.2, 0.25) is 0 Å². The zero-order valence-electron chi connectivity index (χ0n) is 12.2. The van der Waals surface area contributed by atoms with E-state index in [0.29, 0.717) is 17.7 Å². The molecule has 5 nitrogen and oxygen atoms in total. The van der Waals surface area contributed by atoms with Gasteiger partial charge in [0.25, 0.3) is 5.91 Å². The van der Waals surface area contributed by atoms with Crippen molar-refractivity contribution in [2.75, 3.05) is 13.2 Å². The Morgan fingerprint density at radius 3 is 2.68 bits per heavy atom. The Morgan fingerprint density at radius 1 is 1.23 bits per heavy atom. The summed E-state index contributed by atoms with van der Waals surface area (Å²) in [4.78, 5) is 23.3. The number of carbonyl (C=O) groups excluding carboxylic acids is 2. The molecule has 0 aliphatic heterocycles. The van der Waals surface area contributed by atoms with Crippen LogP contribution in [-0.4, -0.2) is 29.6 Å². The first-order chi connectivity index (χ1) is 10.6. The molecule has 22 heavy (non-hydrogen) atoms. The van der Waals surface area contributed by atoms with Crippen LogP contribution in [0.3, 0.4) is 0 Å². The Hall–Kier alpha value is -2.63. The molecular weight excluding hydrogens is 287 g/mol. The van der Waals surface area contributed by atoms with Crippen molar-refractivity contribution < 1.29 is 18.7 Å². The molecule has 6 heteroatoms. The molecule has 0 unspecified atom stereocenters. The van der Waals surface area contributed by atoms with E-state index in [4.69, 9.17) is 4.74 Å². The lowest BCUT2D eigenvalue weighted by Crippen LogP contribution is -2.30. The number of esters is 1. The lowest BCUT2D eigenvalue weighted by atomic mass is 10.1. The Bertz CT molecular complexity index is 667. The maximum Gasteiger partial charge on any atom is 0.355 e. The molecule has 1 heterocycles. The van der Waals surface area contributed by atoms with Crippen LogP contribution in [0, 0.1) is 5.82 Å². The molecule has 0 radical (unpaired) electrons. The van der Waals surface area contributed by atoms with E-state index in [0.717, 1.165) is 0 Å². The number of aromatic nitrogens is 1. The summed E-state index contributed by atoms with van der Waals surface area (Å²) in [5.74, 6) is -1.28. The molecule has 1 aromatic carbocycles. The number of rotatable bonds is 6. The second-order valence-electron chi connectivity index (χ2n) is 4.77.